The van der Waals surface area contributed by atoms with Gasteiger partial charge < -0.3 is 9.84 Å². The second-order valence-electron chi connectivity index (χ2n) is 10.7. The molecule has 1 N–H and O–H groups in total. The molecule has 2 unspecified atom stereocenters. The van der Waals surface area contributed by atoms with Gasteiger partial charge in [-0.15, -0.1) is 6.58 Å². The Morgan fingerprint density at radius 1 is 1.03 bits per heavy atom. The summed E-state index contributed by atoms with van der Waals surface area (Å²) in [6, 6.07) is 0. The Morgan fingerprint density at radius 3 is 1.89 bits per heavy atom. The minimum atomic E-state index is -0.702. The lowest BCUT2D eigenvalue weighted by molar-refractivity contribution is -0.151. The Kier molecular flexibility index (Phi) is 18.2. The number of allylic oxidation sites excluding steroid dienone is 7. The number of esters is 1. The predicted octanol–water partition coefficient (Wildman–Crippen LogP) is 9.22. The smallest absolute Gasteiger partial charge is 0.303 e. The minimum absolute atomic E-state index is 0.260. The van der Waals surface area contributed by atoms with E-state index in [1.54, 1.807) is 24.6 Å². The van der Waals surface area contributed by atoms with E-state index in [0.717, 1.165) is 31.6 Å². The summed E-state index contributed by atoms with van der Waals surface area (Å²) in [5.41, 5.74) is 4.24. The first-order valence-corrected chi connectivity index (χ1v) is 12.8. The monoisotopic (exact) mass is 486 g/mol. The average Bonchev–Trinajstić information content (AvgIpc) is 2.74. The molecule has 1 aliphatic carbocycles. The number of hydrogen-bond donors (Lipinski definition) is 1. The van der Waals surface area contributed by atoms with Gasteiger partial charge in [-0.1, -0.05) is 59.8 Å². The SMILES string of the molecule is C=C(C)[C@H]1CC=C(C)CC1.C=CC(C)(CCC=C(C)C)OC(C)=O.C=CC(C)(O)CCC=C(C)C. The van der Waals surface area contributed by atoms with Gasteiger partial charge in [0, 0.05) is 6.92 Å². The fraction of sp³-hybridized carbons (Fsp3) is 0.594. The molecule has 0 aromatic heterocycles. The third-order valence-corrected chi connectivity index (χ3v) is 5.98. The van der Waals surface area contributed by atoms with Gasteiger partial charge in [0.25, 0.3) is 0 Å². The fourth-order valence-electron chi connectivity index (χ4n) is 3.34. The molecule has 0 amide bonds. The van der Waals surface area contributed by atoms with E-state index >= 15 is 0 Å². The quantitative estimate of drug-likeness (QED) is 0.247. The van der Waals surface area contributed by atoms with Crippen LogP contribution in [0.3, 0.4) is 0 Å². The highest BCUT2D eigenvalue weighted by Gasteiger charge is 2.22. The van der Waals surface area contributed by atoms with Crippen molar-refractivity contribution < 1.29 is 14.6 Å². The summed E-state index contributed by atoms with van der Waals surface area (Å²) < 4.78 is 5.18. The van der Waals surface area contributed by atoms with E-state index in [0.29, 0.717) is 0 Å². The first kappa shape index (κ1) is 35.0. The van der Waals surface area contributed by atoms with Gasteiger partial charge in [0.1, 0.15) is 5.60 Å². The Morgan fingerprint density at radius 2 is 1.54 bits per heavy atom. The van der Waals surface area contributed by atoms with Crippen molar-refractivity contribution in [2.24, 2.45) is 5.92 Å². The molecular weight excluding hydrogens is 432 g/mol. The highest BCUT2D eigenvalue weighted by molar-refractivity contribution is 5.66. The molecule has 3 nitrogen and oxygen atoms in total. The van der Waals surface area contributed by atoms with Gasteiger partial charge >= 0.3 is 5.97 Å². The van der Waals surface area contributed by atoms with Gasteiger partial charge in [-0.2, -0.15) is 0 Å². The molecule has 200 valence electrons. The van der Waals surface area contributed by atoms with Crippen molar-refractivity contribution in [3.63, 3.8) is 0 Å². The molecule has 0 spiro atoms. The summed E-state index contributed by atoms with van der Waals surface area (Å²) in [5, 5.41) is 9.49. The van der Waals surface area contributed by atoms with Crippen LogP contribution in [0.5, 0.6) is 0 Å². The van der Waals surface area contributed by atoms with E-state index in [2.05, 4.69) is 79.5 Å². The maximum Gasteiger partial charge on any atom is 0.303 e. The van der Waals surface area contributed by atoms with E-state index in [9.17, 15) is 9.90 Å². The molecule has 0 aromatic rings. The van der Waals surface area contributed by atoms with Crippen LogP contribution in [0.2, 0.25) is 0 Å². The van der Waals surface area contributed by atoms with Gasteiger partial charge in [-0.25, -0.2) is 0 Å². The van der Waals surface area contributed by atoms with E-state index < -0.39 is 11.2 Å². The van der Waals surface area contributed by atoms with E-state index in [1.165, 1.54) is 42.9 Å². The zero-order valence-corrected chi connectivity index (χ0v) is 24.3. The fourth-order valence-corrected chi connectivity index (χ4v) is 3.34. The molecule has 0 bridgehead atoms. The lowest BCUT2D eigenvalue weighted by Crippen LogP contribution is -2.27. The molecule has 0 radical (unpaired) electrons. The molecular formula is C32H54O3. The molecule has 35 heavy (non-hydrogen) atoms. The Bertz CT molecular complexity index is 756. The molecule has 0 aromatic carbocycles. The maximum absolute atomic E-state index is 10.8. The zero-order chi connectivity index (χ0) is 27.7. The Balaban J connectivity index is 0. The van der Waals surface area contributed by atoms with Crippen molar-refractivity contribution in [2.75, 3.05) is 0 Å². The van der Waals surface area contributed by atoms with Crippen LogP contribution >= 0.6 is 0 Å². The molecule has 0 fully saturated rings. The van der Waals surface area contributed by atoms with E-state index in [-0.39, 0.29) is 5.97 Å². The van der Waals surface area contributed by atoms with Gasteiger partial charge in [0.15, 0.2) is 0 Å². The second-order valence-corrected chi connectivity index (χ2v) is 10.7. The zero-order valence-electron chi connectivity index (χ0n) is 24.3. The normalized spacial score (nSPS) is 17.8. The summed E-state index contributed by atoms with van der Waals surface area (Å²) in [5.74, 6) is 0.508. The van der Waals surface area contributed by atoms with Gasteiger partial charge in [0.2, 0.25) is 0 Å². The Labute approximate surface area is 217 Å². The van der Waals surface area contributed by atoms with Gasteiger partial charge in [-0.05, 0) is 112 Å². The van der Waals surface area contributed by atoms with Crippen LogP contribution in [0.15, 0.2) is 72.4 Å². The number of carbonyl (C=O) groups is 1. The van der Waals surface area contributed by atoms with Gasteiger partial charge in [0.05, 0.1) is 5.60 Å². The number of aliphatic hydroxyl groups is 1. The summed E-state index contributed by atoms with van der Waals surface area (Å²) in [4.78, 5) is 10.8. The lowest BCUT2D eigenvalue weighted by Gasteiger charge is -2.24. The van der Waals surface area contributed by atoms with Crippen LogP contribution in [0.4, 0.5) is 0 Å². The molecule has 0 saturated heterocycles. The molecule has 0 heterocycles. The third kappa shape index (κ3) is 20.9. The van der Waals surface area contributed by atoms with Crippen LogP contribution in [0.25, 0.3) is 0 Å². The van der Waals surface area contributed by atoms with Crippen LogP contribution in [0, 0.1) is 5.92 Å². The highest BCUT2D eigenvalue weighted by atomic mass is 16.6. The third-order valence-electron chi connectivity index (χ3n) is 5.98. The Hall–Kier alpha value is -2.13. The molecule has 1 rings (SSSR count). The van der Waals surface area contributed by atoms with Crippen molar-refractivity contribution in [3.8, 4) is 0 Å². The molecule has 0 saturated carbocycles. The van der Waals surface area contributed by atoms with Crippen LogP contribution in [-0.4, -0.2) is 22.3 Å². The summed E-state index contributed by atoms with van der Waals surface area (Å²) in [6.45, 7) is 28.9. The van der Waals surface area contributed by atoms with Crippen LogP contribution in [0.1, 0.15) is 107 Å². The molecule has 3 heteroatoms. The summed E-state index contributed by atoms with van der Waals surface area (Å²) in [6.07, 6.45) is 17.0. The first-order chi connectivity index (χ1) is 16.1. The van der Waals surface area contributed by atoms with Crippen molar-refractivity contribution in [2.45, 2.75) is 118 Å². The maximum atomic E-state index is 10.8. The number of carbonyl (C=O) groups excluding carboxylic acids is 1. The van der Waals surface area contributed by atoms with E-state index in [1.807, 2.05) is 6.92 Å². The van der Waals surface area contributed by atoms with E-state index in [4.69, 9.17) is 4.74 Å². The summed E-state index contributed by atoms with van der Waals surface area (Å²) >= 11 is 0. The van der Waals surface area contributed by atoms with Crippen molar-refractivity contribution in [1.29, 1.82) is 0 Å². The molecule has 3 atom stereocenters. The predicted molar refractivity (Wildman–Crippen MR) is 154 cm³/mol. The molecule has 0 aliphatic heterocycles. The average molecular weight is 487 g/mol. The number of rotatable bonds is 10. The first-order valence-electron chi connectivity index (χ1n) is 12.8. The minimum Gasteiger partial charge on any atom is -0.455 e. The number of hydrogen-bond acceptors (Lipinski definition) is 3. The van der Waals surface area contributed by atoms with Crippen LogP contribution < -0.4 is 0 Å². The summed E-state index contributed by atoms with van der Waals surface area (Å²) in [7, 11) is 0. The van der Waals surface area contributed by atoms with Crippen LogP contribution in [-0.2, 0) is 9.53 Å². The molecule has 1 aliphatic rings. The van der Waals surface area contributed by atoms with Crippen molar-refractivity contribution >= 4 is 5.97 Å². The lowest BCUT2D eigenvalue weighted by atomic mass is 9.86. The standard InChI is InChI=1S/C12H20O2.C10H18O.C10H16/c1-6-12(5,14-11(4)13)9-7-8-10(2)3;1-5-10(4,11)8-6-7-9(2)3;1-8(2)10-6-4-9(3)5-7-10/h6,8H,1,7,9H2,2-5H3;5,7,11H,1,6,8H2,2-4H3;4,10H,1,5-7H2,2-3H3/t;;10-/m..0/s1. The topological polar surface area (TPSA) is 46.5 Å². The van der Waals surface area contributed by atoms with Gasteiger partial charge in [-0.3, -0.25) is 4.79 Å². The van der Waals surface area contributed by atoms with Crippen molar-refractivity contribution in [3.05, 3.63) is 72.4 Å². The largest absolute Gasteiger partial charge is 0.455 e. The van der Waals surface area contributed by atoms with Crippen molar-refractivity contribution in [1.82, 2.24) is 0 Å². The number of ether oxygens (including phenoxy) is 1. The highest BCUT2D eigenvalue weighted by Crippen LogP contribution is 2.27. The second kappa shape index (κ2) is 18.2.